The van der Waals surface area contributed by atoms with Gasteiger partial charge in [-0.2, -0.15) is 5.26 Å². The first-order valence-corrected chi connectivity index (χ1v) is 9.95. The van der Waals surface area contributed by atoms with Crippen LogP contribution < -0.4 is 4.57 Å². The van der Waals surface area contributed by atoms with Crippen LogP contribution in [0.4, 0.5) is 5.69 Å². The zero-order valence-electron chi connectivity index (χ0n) is 17.2. The number of fused-ring (bicyclic) bond motifs is 3. The Bertz CT molecular complexity index is 1580. The second-order valence-corrected chi connectivity index (χ2v) is 7.54. The number of aryl methyl sites for hydroxylation is 2. The summed E-state index contributed by atoms with van der Waals surface area (Å²) in [5.74, 6) is 0. The Morgan fingerprint density at radius 3 is 2.35 bits per heavy atom. The molecule has 0 amide bonds. The third-order valence-electron chi connectivity index (χ3n) is 5.74. The van der Waals surface area contributed by atoms with Gasteiger partial charge in [-0.15, -0.1) is 0 Å². The van der Waals surface area contributed by atoms with E-state index >= 15 is 0 Å². The van der Waals surface area contributed by atoms with Gasteiger partial charge in [0.2, 0.25) is 5.69 Å². The third kappa shape index (κ3) is 2.78. The molecule has 0 atom stereocenters. The molecule has 0 aliphatic carbocycles. The maximum absolute atomic E-state index is 9.82. The van der Waals surface area contributed by atoms with Gasteiger partial charge in [0.05, 0.1) is 23.8 Å². The quantitative estimate of drug-likeness (QED) is 0.252. The van der Waals surface area contributed by atoms with Gasteiger partial charge in [-0.1, -0.05) is 36.4 Å². The summed E-state index contributed by atoms with van der Waals surface area (Å²) in [5, 5.41) is 11.7. The van der Waals surface area contributed by atoms with Crippen LogP contribution in [0.25, 0.3) is 49.2 Å². The van der Waals surface area contributed by atoms with Crippen molar-refractivity contribution in [2.24, 2.45) is 7.05 Å². The number of nitrogens with zero attached hydrogens (tertiary/aromatic N) is 3. The van der Waals surface area contributed by atoms with Crippen molar-refractivity contribution >= 4 is 27.6 Å². The first-order valence-electron chi connectivity index (χ1n) is 9.95. The van der Waals surface area contributed by atoms with Crippen molar-refractivity contribution in [3.63, 3.8) is 0 Å². The van der Waals surface area contributed by atoms with Crippen LogP contribution in [0.15, 0.2) is 77.3 Å². The SMILES string of the molecule is [C-]#[N+]c1ccccc1-c1c(C#N)ccc2c1oc1c(-c3cccc[n+]3C)c(C)ccc12. The van der Waals surface area contributed by atoms with Crippen LogP contribution in [-0.4, -0.2) is 0 Å². The van der Waals surface area contributed by atoms with Gasteiger partial charge in [0.15, 0.2) is 11.9 Å². The monoisotopic (exact) mass is 400 g/mol. The molecule has 3 aromatic carbocycles. The number of furan rings is 1. The van der Waals surface area contributed by atoms with E-state index < -0.39 is 0 Å². The van der Waals surface area contributed by atoms with E-state index in [1.807, 2.05) is 55.7 Å². The highest BCUT2D eigenvalue weighted by Gasteiger charge is 2.23. The minimum atomic E-state index is 0.492. The van der Waals surface area contributed by atoms with E-state index in [0.717, 1.165) is 33.2 Å². The lowest BCUT2D eigenvalue weighted by Gasteiger charge is -2.07. The molecule has 0 fully saturated rings. The van der Waals surface area contributed by atoms with Crippen LogP contribution in [0.1, 0.15) is 11.1 Å². The molecule has 0 aliphatic heterocycles. The topological polar surface area (TPSA) is 45.2 Å². The van der Waals surface area contributed by atoms with Crippen LogP contribution >= 0.6 is 0 Å². The molecule has 0 saturated heterocycles. The minimum Gasteiger partial charge on any atom is -0.455 e. The highest BCUT2D eigenvalue weighted by molar-refractivity contribution is 6.14. The Balaban J connectivity index is 1.95. The second-order valence-electron chi connectivity index (χ2n) is 7.54. The van der Waals surface area contributed by atoms with E-state index in [4.69, 9.17) is 11.0 Å². The summed E-state index contributed by atoms with van der Waals surface area (Å²) in [7, 11) is 2.02. The van der Waals surface area contributed by atoms with Gasteiger partial charge in [0.1, 0.15) is 18.2 Å². The fraction of sp³-hybridized carbons (Fsp3) is 0.0741. The molecule has 0 N–H and O–H groups in total. The molecule has 31 heavy (non-hydrogen) atoms. The van der Waals surface area contributed by atoms with Crippen molar-refractivity contribution in [3.05, 3.63) is 95.5 Å². The largest absolute Gasteiger partial charge is 0.455 e. The number of benzene rings is 3. The van der Waals surface area contributed by atoms with Crippen molar-refractivity contribution < 1.29 is 8.98 Å². The van der Waals surface area contributed by atoms with E-state index in [-0.39, 0.29) is 0 Å². The Hall–Kier alpha value is -4.41. The Morgan fingerprint density at radius 1 is 0.903 bits per heavy atom. The maximum Gasteiger partial charge on any atom is 0.216 e. The molecule has 0 radical (unpaired) electrons. The number of pyridine rings is 1. The van der Waals surface area contributed by atoms with Gasteiger partial charge in [-0.05, 0) is 36.2 Å². The Morgan fingerprint density at radius 2 is 1.61 bits per heavy atom. The predicted octanol–water partition coefficient (Wildman–Crippen LogP) is 6.48. The van der Waals surface area contributed by atoms with E-state index in [9.17, 15) is 5.26 Å². The molecule has 146 valence electrons. The Labute approximate surface area is 180 Å². The van der Waals surface area contributed by atoms with Gasteiger partial charge >= 0.3 is 0 Å². The molecule has 0 unspecified atom stereocenters. The van der Waals surface area contributed by atoms with Crippen LogP contribution in [0.5, 0.6) is 0 Å². The second kappa shape index (κ2) is 7.13. The molecular weight excluding hydrogens is 382 g/mol. The maximum atomic E-state index is 9.82. The summed E-state index contributed by atoms with van der Waals surface area (Å²) in [4.78, 5) is 3.67. The van der Waals surface area contributed by atoms with Crippen molar-refractivity contribution in [1.82, 2.24) is 0 Å². The minimum absolute atomic E-state index is 0.492. The summed E-state index contributed by atoms with van der Waals surface area (Å²) in [6, 6.07) is 23.6. The smallest absolute Gasteiger partial charge is 0.216 e. The molecule has 0 saturated carbocycles. The van der Waals surface area contributed by atoms with Gasteiger partial charge in [-0.3, -0.25) is 0 Å². The standard InChI is InChI=1S/C27H18N3O/c1-17-11-13-19-20-14-12-18(16-28)25(21-8-4-5-9-22(21)29-2)27(20)31-26(19)24(17)23-10-6-7-15-30(23)3/h4-15H,1,3H3/q+1. The van der Waals surface area contributed by atoms with E-state index in [1.165, 1.54) is 0 Å². The van der Waals surface area contributed by atoms with Crippen LogP contribution in [0, 0.1) is 24.8 Å². The van der Waals surface area contributed by atoms with Gasteiger partial charge < -0.3 is 4.42 Å². The van der Waals surface area contributed by atoms with E-state index in [1.54, 1.807) is 6.07 Å². The number of hydrogen-bond donors (Lipinski definition) is 0. The number of aromatic nitrogens is 1. The van der Waals surface area contributed by atoms with Crippen LogP contribution in [0.3, 0.4) is 0 Å². The van der Waals surface area contributed by atoms with Gasteiger partial charge in [0.25, 0.3) is 0 Å². The first-order chi connectivity index (χ1) is 15.1. The summed E-state index contributed by atoms with van der Waals surface area (Å²) in [6.45, 7) is 9.66. The summed E-state index contributed by atoms with van der Waals surface area (Å²) in [6.07, 6.45) is 2.02. The zero-order chi connectivity index (χ0) is 21.5. The molecule has 0 aliphatic rings. The molecule has 5 aromatic rings. The normalized spacial score (nSPS) is 10.8. The fourth-order valence-electron chi connectivity index (χ4n) is 4.25. The summed E-state index contributed by atoms with van der Waals surface area (Å²) >= 11 is 0. The lowest BCUT2D eigenvalue weighted by atomic mass is 9.95. The van der Waals surface area contributed by atoms with Gasteiger partial charge in [-0.25, -0.2) is 9.41 Å². The van der Waals surface area contributed by atoms with Crippen LogP contribution in [-0.2, 0) is 7.05 Å². The molecule has 0 spiro atoms. The molecule has 4 nitrogen and oxygen atoms in total. The molecule has 2 heterocycles. The number of para-hydroxylation sites is 1. The highest BCUT2D eigenvalue weighted by atomic mass is 16.3. The lowest BCUT2D eigenvalue weighted by Crippen LogP contribution is -2.30. The van der Waals surface area contributed by atoms with Gasteiger partial charge in [0, 0.05) is 28.5 Å². The van der Waals surface area contributed by atoms with Crippen molar-refractivity contribution in [2.75, 3.05) is 0 Å². The van der Waals surface area contributed by atoms with Crippen molar-refractivity contribution in [1.29, 1.82) is 5.26 Å². The first kappa shape index (κ1) is 18.6. The molecular formula is C27H18N3O+. The summed E-state index contributed by atoms with van der Waals surface area (Å²) < 4.78 is 8.61. The zero-order valence-corrected chi connectivity index (χ0v) is 17.2. The molecule has 5 rings (SSSR count). The van der Waals surface area contributed by atoms with Crippen molar-refractivity contribution in [2.45, 2.75) is 6.92 Å². The fourth-order valence-corrected chi connectivity index (χ4v) is 4.25. The Kier molecular flexibility index (Phi) is 4.28. The number of nitriles is 1. The molecule has 4 heteroatoms. The van der Waals surface area contributed by atoms with E-state index in [0.29, 0.717) is 28.0 Å². The predicted molar refractivity (Wildman–Crippen MR) is 121 cm³/mol. The molecule has 2 aromatic heterocycles. The molecule has 0 bridgehead atoms. The average Bonchev–Trinajstić information content (AvgIpc) is 3.17. The highest BCUT2D eigenvalue weighted by Crippen LogP contribution is 2.43. The third-order valence-corrected chi connectivity index (χ3v) is 5.74. The van der Waals surface area contributed by atoms with Crippen LogP contribution in [0.2, 0.25) is 0 Å². The van der Waals surface area contributed by atoms with Crippen molar-refractivity contribution in [3.8, 4) is 28.5 Å². The number of rotatable bonds is 2. The van der Waals surface area contributed by atoms with E-state index in [2.05, 4.69) is 40.6 Å². The average molecular weight is 400 g/mol. The summed E-state index contributed by atoms with van der Waals surface area (Å²) in [5.41, 5.74) is 6.98. The number of hydrogen-bond acceptors (Lipinski definition) is 2. The lowest BCUT2D eigenvalue weighted by molar-refractivity contribution is -0.660.